The molecular weight excluding hydrogens is 391 g/mol. The first-order chi connectivity index (χ1) is 14.3. The number of hydrogen-bond donors (Lipinski definition) is 0. The zero-order chi connectivity index (χ0) is 21.3. The number of carbonyl (C=O) groups excluding carboxylic acids is 1. The Morgan fingerprint density at radius 1 is 0.967 bits per heavy atom. The van der Waals surface area contributed by atoms with Crippen molar-refractivity contribution in [1.29, 1.82) is 0 Å². The van der Waals surface area contributed by atoms with Crippen LogP contribution < -0.4 is 4.90 Å². The lowest BCUT2D eigenvalue weighted by molar-refractivity contribution is -0.137. The van der Waals surface area contributed by atoms with Gasteiger partial charge in [0.25, 0.3) is 0 Å². The third-order valence-corrected chi connectivity index (χ3v) is 5.99. The molecule has 0 radical (unpaired) electrons. The highest BCUT2D eigenvalue weighted by Crippen LogP contribution is 2.32. The highest BCUT2D eigenvalue weighted by atomic mass is 19.4. The lowest BCUT2D eigenvalue weighted by atomic mass is 10.1. The Bertz CT molecular complexity index is 889. The van der Waals surface area contributed by atoms with Gasteiger partial charge in [-0.2, -0.15) is 13.2 Å². The van der Waals surface area contributed by atoms with Crippen molar-refractivity contribution in [1.82, 2.24) is 9.80 Å². The summed E-state index contributed by atoms with van der Waals surface area (Å²) < 4.78 is 38.1. The van der Waals surface area contributed by atoms with Gasteiger partial charge in [0.2, 0.25) is 5.91 Å². The smallest absolute Gasteiger partial charge is 0.308 e. The number of nitrogens with zero attached hydrogens (tertiary/aromatic N) is 3. The second kappa shape index (κ2) is 8.40. The van der Waals surface area contributed by atoms with E-state index in [0.29, 0.717) is 13.1 Å². The third-order valence-electron chi connectivity index (χ3n) is 5.99. The summed E-state index contributed by atoms with van der Waals surface area (Å²) in [4.78, 5) is 19.3. The molecule has 0 spiro atoms. The standard InChI is InChI=1S/C23H26F3N3O/c1-17-14-19-4-2-3-5-21(19)29(17)22(30)16-28-12-10-27(11-13-28)15-18-6-8-20(9-7-18)23(24,25)26/h2-9,17H,10-16H2,1H3/t17-/m1/s1. The maximum atomic E-state index is 13.0. The van der Waals surface area contributed by atoms with E-state index in [0.717, 1.165) is 56.0 Å². The van der Waals surface area contributed by atoms with Gasteiger partial charge in [0.05, 0.1) is 12.1 Å². The molecule has 0 unspecified atom stereocenters. The van der Waals surface area contributed by atoms with E-state index < -0.39 is 11.7 Å². The fraction of sp³-hybridized carbons (Fsp3) is 0.435. The van der Waals surface area contributed by atoms with Crippen LogP contribution in [-0.2, 0) is 23.9 Å². The van der Waals surface area contributed by atoms with Crippen LogP contribution >= 0.6 is 0 Å². The topological polar surface area (TPSA) is 26.8 Å². The average molecular weight is 417 g/mol. The summed E-state index contributed by atoms with van der Waals surface area (Å²) >= 11 is 0. The molecule has 2 heterocycles. The van der Waals surface area contributed by atoms with Gasteiger partial charge in [-0.15, -0.1) is 0 Å². The Morgan fingerprint density at radius 3 is 2.27 bits per heavy atom. The number of carbonyl (C=O) groups is 1. The predicted octanol–water partition coefficient (Wildman–Crippen LogP) is 3.80. The van der Waals surface area contributed by atoms with Crippen LogP contribution in [0.1, 0.15) is 23.6 Å². The van der Waals surface area contributed by atoms with Gasteiger partial charge in [-0.3, -0.25) is 14.6 Å². The molecule has 7 heteroatoms. The van der Waals surface area contributed by atoms with Crippen molar-refractivity contribution in [3.05, 3.63) is 65.2 Å². The largest absolute Gasteiger partial charge is 0.416 e. The third kappa shape index (κ3) is 4.52. The van der Waals surface area contributed by atoms with E-state index in [1.54, 1.807) is 12.1 Å². The average Bonchev–Trinajstić information content (AvgIpc) is 3.05. The maximum absolute atomic E-state index is 13.0. The number of alkyl halides is 3. The first-order valence-electron chi connectivity index (χ1n) is 10.3. The van der Waals surface area contributed by atoms with Crippen LogP contribution in [0.5, 0.6) is 0 Å². The molecule has 0 aromatic heterocycles. The van der Waals surface area contributed by atoms with E-state index in [1.165, 1.54) is 5.56 Å². The zero-order valence-electron chi connectivity index (χ0n) is 17.0. The number of fused-ring (bicyclic) bond motifs is 1. The van der Waals surface area contributed by atoms with Gasteiger partial charge < -0.3 is 4.90 Å². The van der Waals surface area contributed by atoms with Gasteiger partial charge in [-0.1, -0.05) is 30.3 Å². The molecule has 1 saturated heterocycles. The summed E-state index contributed by atoms with van der Waals surface area (Å²) in [6, 6.07) is 13.6. The number of piperazine rings is 1. The van der Waals surface area contributed by atoms with Gasteiger partial charge in [0, 0.05) is 44.5 Å². The molecule has 0 N–H and O–H groups in total. The summed E-state index contributed by atoms with van der Waals surface area (Å²) in [7, 11) is 0. The molecule has 2 aliphatic rings. The van der Waals surface area contributed by atoms with Crippen LogP contribution in [0.25, 0.3) is 0 Å². The number of rotatable bonds is 4. The first kappa shape index (κ1) is 20.9. The van der Waals surface area contributed by atoms with Crippen molar-refractivity contribution in [2.75, 3.05) is 37.6 Å². The predicted molar refractivity (Wildman–Crippen MR) is 110 cm³/mol. The van der Waals surface area contributed by atoms with Crippen LogP contribution in [0.3, 0.4) is 0 Å². The van der Waals surface area contributed by atoms with Crippen LogP contribution in [0.2, 0.25) is 0 Å². The fourth-order valence-corrected chi connectivity index (χ4v) is 4.38. The molecule has 2 aromatic carbocycles. The Kier molecular flexibility index (Phi) is 5.84. The van der Waals surface area contributed by atoms with E-state index in [1.807, 2.05) is 23.1 Å². The molecule has 0 bridgehead atoms. The summed E-state index contributed by atoms with van der Waals surface area (Å²) in [5.74, 6) is 0.128. The van der Waals surface area contributed by atoms with E-state index >= 15 is 0 Å². The summed E-state index contributed by atoms with van der Waals surface area (Å²) in [5.41, 5.74) is 2.50. The van der Waals surface area contributed by atoms with Crippen molar-refractivity contribution in [2.24, 2.45) is 0 Å². The van der Waals surface area contributed by atoms with Crippen molar-refractivity contribution in [3.8, 4) is 0 Å². The van der Waals surface area contributed by atoms with Crippen molar-refractivity contribution < 1.29 is 18.0 Å². The van der Waals surface area contributed by atoms with Crippen LogP contribution in [-0.4, -0.2) is 54.5 Å². The normalized spacial score (nSPS) is 20.4. The summed E-state index contributed by atoms with van der Waals surface area (Å²) in [5, 5.41) is 0. The van der Waals surface area contributed by atoms with Gasteiger partial charge in [-0.05, 0) is 42.7 Å². The van der Waals surface area contributed by atoms with Crippen molar-refractivity contribution in [3.63, 3.8) is 0 Å². The number of para-hydroxylation sites is 1. The Morgan fingerprint density at radius 2 is 1.60 bits per heavy atom. The molecule has 1 amide bonds. The summed E-state index contributed by atoms with van der Waals surface area (Å²) in [6.07, 6.45) is -3.41. The molecule has 160 valence electrons. The maximum Gasteiger partial charge on any atom is 0.416 e. The molecule has 30 heavy (non-hydrogen) atoms. The van der Waals surface area contributed by atoms with Gasteiger partial charge in [-0.25, -0.2) is 0 Å². The number of hydrogen-bond acceptors (Lipinski definition) is 3. The molecule has 2 aliphatic heterocycles. The van der Waals surface area contributed by atoms with E-state index in [9.17, 15) is 18.0 Å². The summed E-state index contributed by atoms with van der Waals surface area (Å²) in [6.45, 7) is 6.23. The highest BCUT2D eigenvalue weighted by Gasteiger charge is 2.32. The number of halogens is 3. The SMILES string of the molecule is C[C@@H]1Cc2ccccc2N1C(=O)CN1CCN(Cc2ccc(C(F)(F)F)cc2)CC1. The second-order valence-corrected chi connectivity index (χ2v) is 8.19. The van der Waals surface area contributed by atoms with E-state index in [2.05, 4.69) is 22.8 Å². The van der Waals surface area contributed by atoms with Crippen LogP contribution in [0.4, 0.5) is 18.9 Å². The van der Waals surface area contributed by atoms with E-state index in [-0.39, 0.29) is 11.9 Å². The molecule has 4 nitrogen and oxygen atoms in total. The number of anilines is 1. The van der Waals surface area contributed by atoms with Gasteiger partial charge >= 0.3 is 6.18 Å². The monoisotopic (exact) mass is 417 g/mol. The molecule has 1 atom stereocenters. The Hall–Kier alpha value is -2.38. The quantitative estimate of drug-likeness (QED) is 0.757. The molecule has 0 aliphatic carbocycles. The molecule has 1 fully saturated rings. The lowest BCUT2D eigenvalue weighted by Gasteiger charge is -2.35. The zero-order valence-corrected chi connectivity index (χ0v) is 17.0. The molecule has 4 rings (SSSR count). The fourth-order valence-electron chi connectivity index (χ4n) is 4.38. The molecular formula is C23H26F3N3O. The molecule has 2 aromatic rings. The molecule has 0 saturated carbocycles. The number of benzene rings is 2. The van der Waals surface area contributed by atoms with Crippen LogP contribution in [0.15, 0.2) is 48.5 Å². The second-order valence-electron chi connectivity index (χ2n) is 8.19. The van der Waals surface area contributed by atoms with Crippen molar-refractivity contribution >= 4 is 11.6 Å². The van der Waals surface area contributed by atoms with E-state index in [4.69, 9.17) is 0 Å². The first-order valence-corrected chi connectivity index (χ1v) is 10.3. The van der Waals surface area contributed by atoms with Crippen LogP contribution in [0, 0.1) is 0 Å². The Balaban J connectivity index is 1.28. The highest BCUT2D eigenvalue weighted by molar-refractivity contribution is 5.97. The minimum Gasteiger partial charge on any atom is -0.308 e. The minimum absolute atomic E-state index is 0.128. The number of amides is 1. The van der Waals surface area contributed by atoms with Gasteiger partial charge in [0.1, 0.15) is 0 Å². The Labute approximate surface area is 174 Å². The lowest BCUT2D eigenvalue weighted by Crippen LogP contribution is -2.50. The van der Waals surface area contributed by atoms with Crippen molar-refractivity contribution in [2.45, 2.75) is 32.1 Å². The van der Waals surface area contributed by atoms with Gasteiger partial charge in [0.15, 0.2) is 0 Å². The minimum atomic E-state index is -4.30.